The Balaban J connectivity index is 1.17. The van der Waals surface area contributed by atoms with Crippen molar-refractivity contribution in [1.29, 1.82) is 0 Å². The molecule has 0 atom stereocenters. The molecule has 41 heavy (non-hydrogen) atoms. The van der Waals surface area contributed by atoms with Crippen LogP contribution < -0.4 is 10.6 Å². The molecule has 2 aromatic heterocycles. The van der Waals surface area contributed by atoms with Crippen LogP contribution >= 0.6 is 0 Å². The maximum atomic E-state index is 14.3. The van der Waals surface area contributed by atoms with Crippen LogP contribution in [-0.4, -0.2) is 62.2 Å². The van der Waals surface area contributed by atoms with E-state index in [9.17, 15) is 23.5 Å². The highest BCUT2D eigenvalue weighted by Crippen LogP contribution is 2.45. The SMILES string of the molecule is CC1(O)CCC(N2CC(CC(=O)NC3(c4ccccn4)CC3)(NC(=O)c3cc(-c4ccc(F)cc4F)on3)C2)CC1. The summed E-state index contributed by atoms with van der Waals surface area (Å²) >= 11 is 0. The number of hydrogen-bond donors (Lipinski definition) is 3. The van der Waals surface area contributed by atoms with Gasteiger partial charge in [0.2, 0.25) is 5.91 Å². The van der Waals surface area contributed by atoms with Crippen molar-refractivity contribution in [2.45, 2.75) is 74.6 Å². The van der Waals surface area contributed by atoms with Crippen molar-refractivity contribution in [2.24, 2.45) is 0 Å². The van der Waals surface area contributed by atoms with E-state index in [1.165, 1.54) is 12.1 Å². The number of amides is 2. The lowest BCUT2D eigenvalue weighted by atomic mass is 9.78. The largest absolute Gasteiger partial charge is 0.390 e. The fraction of sp³-hybridized carbons (Fsp3) is 0.467. The number of pyridine rings is 1. The van der Waals surface area contributed by atoms with Gasteiger partial charge < -0.3 is 20.3 Å². The first kappa shape index (κ1) is 27.5. The Kier molecular flexibility index (Phi) is 6.89. The molecule has 216 valence electrons. The second kappa shape index (κ2) is 10.3. The molecule has 3 fully saturated rings. The van der Waals surface area contributed by atoms with E-state index >= 15 is 0 Å². The molecule has 0 unspecified atom stereocenters. The summed E-state index contributed by atoms with van der Waals surface area (Å²) in [7, 11) is 0. The van der Waals surface area contributed by atoms with Crippen LogP contribution in [0.1, 0.15) is 68.1 Å². The summed E-state index contributed by atoms with van der Waals surface area (Å²) in [6.07, 6.45) is 6.42. The lowest BCUT2D eigenvalue weighted by Crippen LogP contribution is -2.73. The Hall–Kier alpha value is -3.70. The van der Waals surface area contributed by atoms with Gasteiger partial charge in [0.05, 0.1) is 34.4 Å². The third-order valence-electron chi connectivity index (χ3n) is 8.66. The molecule has 3 aliphatic rings. The molecule has 1 aromatic carbocycles. The standard InChI is InChI=1S/C30H33F2N5O4/c1-28(40)9-7-20(8-10-28)37-17-29(18-37,16-26(38)34-30(11-12-30)25-4-2-3-13-33-25)35-27(39)23-15-24(41-36-23)21-6-5-19(31)14-22(21)32/h2-6,13-15,20,40H,7-12,16-18H2,1H3,(H,34,38)(H,35,39). The number of aliphatic hydroxyl groups is 1. The normalized spacial score (nSPS) is 24.7. The highest BCUT2D eigenvalue weighted by Gasteiger charge is 2.52. The maximum Gasteiger partial charge on any atom is 0.274 e. The molecule has 3 heterocycles. The predicted molar refractivity (Wildman–Crippen MR) is 144 cm³/mol. The van der Waals surface area contributed by atoms with E-state index in [4.69, 9.17) is 4.52 Å². The quantitative estimate of drug-likeness (QED) is 0.381. The number of carbonyl (C=O) groups excluding carboxylic acids is 2. The Bertz CT molecular complexity index is 1440. The van der Waals surface area contributed by atoms with Crippen molar-refractivity contribution in [3.8, 4) is 11.3 Å². The third-order valence-corrected chi connectivity index (χ3v) is 8.66. The molecule has 0 radical (unpaired) electrons. The Morgan fingerprint density at radius 2 is 1.83 bits per heavy atom. The molecular formula is C30H33F2N5O4. The van der Waals surface area contributed by atoms with Gasteiger partial charge in [-0.3, -0.25) is 19.5 Å². The molecule has 1 saturated heterocycles. The van der Waals surface area contributed by atoms with Crippen LogP contribution in [0, 0.1) is 11.6 Å². The summed E-state index contributed by atoms with van der Waals surface area (Å²) in [6, 6.07) is 10.2. The van der Waals surface area contributed by atoms with Gasteiger partial charge in [0.25, 0.3) is 5.91 Å². The van der Waals surface area contributed by atoms with E-state index < -0.39 is 34.2 Å². The number of carbonyl (C=O) groups is 2. The van der Waals surface area contributed by atoms with Gasteiger partial charge in [0, 0.05) is 37.5 Å². The van der Waals surface area contributed by atoms with Gasteiger partial charge in [-0.1, -0.05) is 11.2 Å². The maximum absolute atomic E-state index is 14.3. The zero-order chi connectivity index (χ0) is 28.8. The van der Waals surface area contributed by atoms with E-state index in [0.29, 0.717) is 25.9 Å². The van der Waals surface area contributed by atoms with Crippen molar-refractivity contribution >= 4 is 11.8 Å². The molecule has 0 bridgehead atoms. The molecule has 11 heteroatoms. The van der Waals surface area contributed by atoms with E-state index in [0.717, 1.165) is 43.5 Å². The van der Waals surface area contributed by atoms with Gasteiger partial charge in [-0.05, 0) is 69.7 Å². The fourth-order valence-corrected chi connectivity index (χ4v) is 6.15. The van der Waals surface area contributed by atoms with Crippen LogP contribution in [0.2, 0.25) is 0 Å². The number of hydrogen-bond acceptors (Lipinski definition) is 7. The van der Waals surface area contributed by atoms with Crippen LogP contribution in [-0.2, 0) is 10.3 Å². The molecule has 2 saturated carbocycles. The minimum Gasteiger partial charge on any atom is -0.390 e. The van der Waals surface area contributed by atoms with E-state index in [1.807, 2.05) is 25.1 Å². The molecule has 6 rings (SSSR count). The minimum atomic E-state index is -0.846. The van der Waals surface area contributed by atoms with Crippen LogP contribution in [0.5, 0.6) is 0 Å². The molecular weight excluding hydrogens is 532 g/mol. The molecule has 0 spiro atoms. The second-order valence-electron chi connectivity index (χ2n) is 12.1. The third kappa shape index (κ3) is 5.73. The van der Waals surface area contributed by atoms with Gasteiger partial charge >= 0.3 is 0 Å². The molecule has 2 amide bonds. The number of rotatable bonds is 8. The van der Waals surface area contributed by atoms with E-state index in [1.54, 1.807) is 6.20 Å². The van der Waals surface area contributed by atoms with E-state index in [-0.39, 0.29) is 35.4 Å². The van der Waals surface area contributed by atoms with Crippen LogP contribution in [0.25, 0.3) is 11.3 Å². The van der Waals surface area contributed by atoms with Crippen molar-refractivity contribution in [3.05, 3.63) is 71.7 Å². The number of benzene rings is 1. The summed E-state index contributed by atoms with van der Waals surface area (Å²) < 4.78 is 32.8. The van der Waals surface area contributed by atoms with Gasteiger partial charge in [-0.2, -0.15) is 0 Å². The average Bonchev–Trinajstić information content (AvgIpc) is 3.52. The predicted octanol–water partition coefficient (Wildman–Crippen LogP) is 3.69. The van der Waals surface area contributed by atoms with Crippen molar-refractivity contribution < 1.29 is 28.0 Å². The van der Waals surface area contributed by atoms with Gasteiger partial charge in [-0.25, -0.2) is 8.78 Å². The van der Waals surface area contributed by atoms with Crippen molar-refractivity contribution in [2.75, 3.05) is 13.1 Å². The fourth-order valence-electron chi connectivity index (χ4n) is 6.15. The zero-order valence-corrected chi connectivity index (χ0v) is 22.8. The number of halogens is 2. The first-order chi connectivity index (χ1) is 19.6. The zero-order valence-electron chi connectivity index (χ0n) is 22.8. The van der Waals surface area contributed by atoms with E-state index in [2.05, 4.69) is 25.7 Å². The summed E-state index contributed by atoms with van der Waals surface area (Å²) in [5.74, 6) is -2.29. The second-order valence-corrected chi connectivity index (χ2v) is 12.1. The molecule has 2 aliphatic carbocycles. The molecule has 3 aromatic rings. The molecule has 1 aliphatic heterocycles. The van der Waals surface area contributed by atoms with Crippen LogP contribution in [0.15, 0.2) is 53.2 Å². The highest BCUT2D eigenvalue weighted by atomic mass is 19.1. The Labute approximate surface area is 236 Å². The smallest absolute Gasteiger partial charge is 0.274 e. The Morgan fingerprint density at radius 1 is 1.07 bits per heavy atom. The topological polar surface area (TPSA) is 121 Å². The lowest BCUT2D eigenvalue weighted by Gasteiger charge is -2.54. The summed E-state index contributed by atoms with van der Waals surface area (Å²) in [4.78, 5) is 33.4. The molecule has 9 nitrogen and oxygen atoms in total. The Morgan fingerprint density at radius 3 is 2.49 bits per heavy atom. The van der Waals surface area contributed by atoms with Gasteiger partial charge in [0.1, 0.15) is 11.6 Å². The first-order valence-electron chi connectivity index (χ1n) is 14.0. The molecule has 3 N–H and O–H groups in total. The summed E-state index contributed by atoms with van der Waals surface area (Å²) in [5, 5.41) is 20.3. The summed E-state index contributed by atoms with van der Waals surface area (Å²) in [6.45, 7) is 2.78. The van der Waals surface area contributed by atoms with Gasteiger partial charge in [-0.15, -0.1) is 0 Å². The first-order valence-corrected chi connectivity index (χ1v) is 14.0. The highest BCUT2D eigenvalue weighted by molar-refractivity contribution is 5.94. The van der Waals surface area contributed by atoms with Gasteiger partial charge in [0.15, 0.2) is 11.5 Å². The average molecular weight is 566 g/mol. The van der Waals surface area contributed by atoms with Crippen LogP contribution in [0.4, 0.5) is 8.78 Å². The monoisotopic (exact) mass is 565 g/mol. The number of aromatic nitrogens is 2. The van der Waals surface area contributed by atoms with Crippen molar-refractivity contribution in [1.82, 2.24) is 25.7 Å². The number of likely N-dealkylation sites (tertiary alicyclic amines) is 1. The lowest BCUT2D eigenvalue weighted by molar-refractivity contribution is -0.126. The summed E-state index contributed by atoms with van der Waals surface area (Å²) in [5.41, 5.74) is -1.25. The number of nitrogens with one attached hydrogen (secondary N) is 2. The minimum absolute atomic E-state index is 0.00465. The van der Waals surface area contributed by atoms with Crippen molar-refractivity contribution in [3.63, 3.8) is 0 Å². The van der Waals surface area contributed by atoms with Crippen LogP contribution in [0.3, 0.4) is 0 Å². The number of nitrogens with zero attached hydrogens (tertiary/aromatic N) is 3.